The molecule has 5 heteroatoms. The van der Waals surface area contributed by atoms with Crippen molar-refractivity contribution in [3.8, 4) is 0 Å². The van der Waals surface area contributed by atoms with Gasteiger partial charge in [-0.15, -0.1) is 0 Å². The summed E-state index contributed by atoms with van der Waals surface area (Å²) in [6.45, 7) is 2.71. The van der Waals surface area contributed by atoms with Gasteiger partial charge in [-0.05, 0) is 40.0 Å². The Hall–Kier alpha value is -0.940. The summed E-state index contributed by atoms with van der Waals surface area (Å²) in [7, 11) is 0. The molecule has 1 aliphatic heterocycles. The number of hydrogen-bond donors (Lipinski definition) is 1. The number of nitrogens with zero attached hydrogens (tertiary/aromatic N) is 1. The molecule has 0 aliphatic carbocycles. The van der Waals surface area contributed by atoms with Gasteiger partial charge in [0.15, 0.2) is 0 Å². The van der Waals surface area contributed by atoms with E-state index in [2.05, 4.69) is 15.9 Å². The zero-order chi connectivity index (χ0) is 13.3. The Balaban J connectivity index is 1.96. The Morgan fingerprint density at radius 2 is 2.28 bits per heavy atom. The van der Waals surface area contributed by atoms with Crippen LogP contribution >= 0.6 is 15.9 Å². The number of aliphatic hydroxyl groups excluding tert-OH is 1. The first-order valence-corrected chi connectivity index (χ1v) is 6.67. The molecule has 18 heavy (non-hydrogen) atoms. The summed E-state index contributed by atoms with van der Waals surface area (Å²) in [5.41, 5.74) is 0.921. The van der Waals surface area contributed by atoms with Crippen LogP contribution in [0.15, 0.2) is 22.7 Å². The number of benzene rings is 1. The molecule has 0 aromatic heterocycles. The average molecular weight is 316 g/mol. The molecule has 1 aromatic carbocycles. The summed E-state index contributed by atoms with van der Waals surface area (Å²) in [6, 6.07) is 4.78. The van der Waals surface area contributed by atoms with E-state index in [1.807, 2.05) is 6.92 Å². The maximum atomic E-state index is 13.1. The number of carbonyl (C=O) groups excluding carboxylic acids is 1. The summed E-state index contributed by atoms with van der Waals surface area (Å²) in [5.74, 6) is -0.417. The van der Waals surface area contributed by atoms with E-state index in [1.54, 1.807) is 17.0 Å². The molecule has 2 rings (SSSR count). The van der Waals surface area contributed by atoms with E-state index in [4.69, 9.17) is 5.11 Å². The van der Waals surface area contributed by atoms with Crippen LogP contribution in [-0.4, -0.2) is 35.1 Å². The summed E-state index contributed by atoms with van der Waals surface area (Å²) >= 11 is 3.13. The van der Waals surface area contributed by atoms with Crippen LogP contribution < -0.4 is 0 Å². The lowest BCUT2D eigenvalue weighted by Gasteiger charge is -2.37. The second-order valence-electron chi connectivity index (χ2n) is 4.75. The molecule has 1 atom stereocenters. The monoisotopic (exact) mass is 315 g/mol. The second kappa shape index (κ2) is 5.36. The average Bonchev–Trinajstić information content (AvgIpc) is 2.29. The zero-order valence-corrected chi connectivity index (χ0v) is 11.7. The standard InChI is InChI=1S/C13H15BrFNO2/c1-8(13(18)16-6-10(17)7-16)4-9-2-3-12(15)11(14)5-9/h2-3,5,8,10,17H,4,6-7H2,1H3. The highest BCUT2D eigenvalue weighted by molar-refractivity contribution is 9.10. The number of rotatable bonds is 3. The third-order valence-corrected chi connectivity index (χ3v) is 3.73. The van der Waals surface area contributed by atoms with E-state index in [-0.39, 0.29) is 23.7 Å². The first-order chi connectivity index (χ1) is 8.47. The number of halogens is 2. The summed E-state index contributed by atoms with van der Waals surface area (Å²) in [4.78, 5) is 13.6. The van der Waals surface area contributed by atoms with E-state index < -0.39 is 0 Å². The molecule has 1 fully saturated rings. The smallest absolute Gasteiger partial charge is 0.225 e. The van der Waals surface area contributed by atoms with Crippen molar-refractivity contribution in [2.75, 3.05) is 13.1 Å². The fourth-order valence-corrected chi connectivity index (χ4v) is 2.48. The number of carbonyl (C=O) groups is 1. The number of amides is 1. The molecule has 0 bridgehead atoms. The molecule has 0 spiro atoms. The van der Waals surface area contributed by atoms with E-state index in [0.717, 1.165) is 5.56 Å². The van der Waals surface area contributed by atoms with E-state index in [9.17, 15) is 9.18 Å². The molecule has 1 unspecified atom stereocenters. The van der Waals surface area contributed by atoms with E-state index in [1.165, 1.54) is 6.07 Å². The van der Waals surface area contributed by atoms with Crippen molar-refractivity contribution in [3.63, 3.8) is 0 Å². The van der Waals surface area contributed by atoms with Gasteiger partial charge in [0.25, 0.3) is 0 Å². The van der Waals surface area contributed by atoms with Gasteiger partial charge in [-0.1, -0.05) is 13.0 Å². The molecule has 1 heterocycles. The minimum atomic E-state index is -0.374. The van der Waals surface area contributed by atoms with Gasteiger partial charge in [0.2, 0.25) is 5.91 Å². The van der Waals surface area contributed by atoms with Crippen molar-refractivity contribution in [2.45, 2.75) is 19.4 Å². The van der Waals surface area contributed by atoms with Crippen LogP contribution in [0.4, 0.5) is 4.39 Å². The van der Waals surface area contributed by atoms with Crippen molar-refractivity contribution in [2.24, 2.45) is 5.92 Å². The summed E-state index contributed by atoms with van der Waals surface area (Å²) in [5, 5.41) is 9.16. The minimum absolute atomic E-state index is 0.0424. The first-order valence-electron chi connectivity index (χ1n) is 5.88. The third-order valence-electron chi connectivity index (χ3n) is 3.12. The number of likely N-dealkylation sites (tertiary alicyclic amines) is 1. The van der Waals surface area contributed by atoms with Crippen LogP contribution in [0.25, 0.3) is 0 Å². The maximum Gasteiger partial charge on any atom is 0.225 e. The normalized spacial score (nSPS) is 17.4. The topological polar surface area (TPSA) is 40.5 Å². The Bertz CT molecular complexity index is 460. The van der Waals surface area contributed by atoms with E-state index >= 15 is 0 Å². The van der Waals surface area contributed by atoms with Gasteiger partial charge < -0.3 is 10.0 Å². The lowest BCUT2D eigenvalue weighted by Crippen LogP contribution is -2.55. The van der Waals surface area contributed by atoms with Crippen molar-refractivity contribution in [3.05, 3.63) is 34.1 Å². The molecule has 1 saturated heterocycles. The predicted octanol–water partition coefficient (Wildman–Crippen LogP) is 1.97. The number of β-amino-alcohol motifs (C(OH)–C–C–N with tert-alkyl or cyclic N) is 1. The third kappa shape index (κ3) is 2.90. The highest BCUT2D eigenvalue weighted by Crippen LogP contribution is 2.21. The SMILES string of the molecule is CC(Cc1ccc(F)c(Br)c1)C(=O)N1CC(O)C1. The van der Waals surface area contributed by atoms with Gasteiger partial charge in [0.1, 0.15) is 5.82 Å². The van der Waals surface area contributed by atoms with Crippen LogP contribution in [0, 0.1) is 11.7 Å². The van der Waals surface area contributed by atoms with Crippen molar-refractivity contribution in [1.29, 1.82) is 0 Å². The Morgan fingerprint density at radius 3 is 2.83 bits per heavy atom. The van der Waals surface area contributed by atoms with Crippen LogP contribution in [0.5, 0.6) is 0 Å². The highest BCUT2D eigenvalue weighted by Gasteiger charge is 2.31. The van der Waals surface area contributed by atoms with Crippen LogP contribution in [-0.2, 0) is 11.2 Å². The Labute approximate surface area is 114 Å². The zero-order valence-electron chi connectivity index (χ0n) is 10.1. The van der Waals surface area contributed by atoms with E-state index in [0.29, 0.717) is 24.0 Å². The minimum Gasteiger partial charge on any atom is -0.389 e. The molecule has 1 amide bonds. The Kier molecular flexibility index (Phi) is 4.02. The molecular formula is C13H15BrFNO2. The van der Waals surface area contributed by atoms with Gasteiger partial charge >= 0.3 is 0 Å². The largest absolute Gasteiger partial charge is 0.389 e. The van der Waals surface area contributed by atoms with Crippen molar-refractivity contribution < 1.29 is 14.3 Å². The van der Waals surface area contributed by atoms with Gasteiger partial charge in [-0.25, -0.2) is 4.39 Å². The van der Waals surface area contributed by atoms with Crippen molar-refractivity contribution in [1.82, 2.24) is 4.90 Å². The molecule has 1 aliphatic rings. The molecular weight excluding hydrogens is 301 g/mol. The number of hydrogen-bond acceptors (Lipinski definition) is 2. The summed E-state index contributed by atoms with van der Waals surface area (Å²) < 4.78 is 13.5. The maximum absolute atomic E-state index is 13.1. The number of aliphatic hydroxyl groups is 1. The fraction of sp³-hybridized carbons (Fsp3) is 0.462. The van der Waals surface area contributed by atoms with Crippen molar-refractivity contribution >= 4 is 21.8 Å². The van der Waals surface area contributed by atoms with Crippen LogP contribution in [0.1, 0.15) is 12.5 Å². The van der Waals surface area contributed by atoms with Gasteiger partial charge in [-0.2, -0.15) is 0 Å². The molecule has 0 radical (unpaired) electrons. The summed E-state index contributed by atoms with van der Waals surface area (Å²) in [6.07, 6.45) is 0.200. The first kappa shape index (κ1) is 13.5. The van der Waals surface area contributed by atoms with Crippen LogP contribution in [0.2, 0.25) is 0 Å². The molecule has 98 valence electrons. The molecule has 1 N–H and O–H groups in total. The predicted molar refractivity (Wildman–Crippen MR) is 69.6 cm³/mol. The molecule has 1 aromatic rings. The van der Waals surface area contributed by atoms with Crippen LogP contribution in [0.3, 0.4) is 0 Å². The van der Waals surface area contributed by atoms with Gasteiger partial charge in [0.05, 0.1) is 10.6 Å². The Morgan fingerprint density at radius 1 is 1.61 bits per heavy atom. The van der Waals surface area contributed by atoms with Gasteiger partial charge in [-0.3, -0.25) is 4.79 Å². The lowest BCUT2D eigenvalue weighted by atomic mass is 9.98. The quantitative estimate of drug-likeness (QED) is 0.926. The highest BCUT2D eigenvalue weighted by atomic mass is 79.9. The molecule has 0 saturated carbocycles. The lowest BCUT2D eigenvalue weighted by molar-refractivity contribution is -0.145. The fourth-order valence-electron chi connectivity index (χ4n) is 2.05. The molecule has 3 nitrogen and oxygen atoms in total. The van der Waals surface area contributed by atoms with Gasteiger partial charge in [0, 0.05) is 19.0 Å². The second-order valence-corrected chi connectivity index (χ2v) is 5.61.